The molecule has 1 saturated heterocycles. The van der Waals surface area contributed by atoms with Gasteiger partial charge in [0.1, 0.15) is 18.8 Å². The van der Waals surface area contributed by atoms with E-state index in [0.29, 0.717) is 24.9 Å². The number of fused-ring (bicyclic) bond motifs is 1. The van der Waals surface area contributed by atoms with Gasteiger partial charge in [0.25, 0.3) is 0 Å². The Labute approximate surface area is 155 Å². The van der Waals surface area contributed by atoms with Crippen molar-refractivity contribution in [2.75, 3.05) is 18.2 Å². The number of alkyl halides is 3. The van der Waals surface area contributed by atoms with Crippen molar-refractivity contribution in [1.82, 2.24) is 10.2 Å². The molecule has 0 radical (unpaired) electrons. The minimum atomic E-state index is -4.45. The van der Waals surface area contributed by atoms with Gasteiger partial charge in [-0.3, -0.25) is 19.8 Å². The van der Waals surface area contributed by atoms with Gasteiger partial charge >= 0.3 is 6.18 Å². The van der Waals surface area contributed by atoms with Gasteiger partial charge < -0.3 is 4.90 Å². The van der Waals surface area contributed by atoms with E-state index >= 15 is 0 Å². The smallest absolute Gasteiger partial charge is 0.334 e. The molecule has 0 saturated carbocycles. The number of carbonyl (C=O) groups is 2. The van der Waals surface area contributed by atoms with Crippen molar-refractivity contribution >= 4 is 23.5 Å². The monoisotopic (exact) mass is 382 g/mol. The van der Waals surface area contributed by atoms with Crippen LogP contribution in [0.5, 0.6) is 0 Å². The third-order valence-corrected chi connectivity index (χ3v) is 5.09. The summed E-state index contributed by atoms with van der Waals surface area (Å²) in [5.74, 6) is -0.557. The highest BCUT2D eigenvalue weighted by atomic mass is 19.4. The Morgan fingerprint density at radius 1 is 1.26 bits per heavy atom. The van der Waals surface area contributed by atoms with Crippen molar-refractivity contribution in [1.29, 1.82) is 0 Å². The molecule has 1 atom stereocenters. The fraction of sp³-hybridized carbons (Fsp3) is 0.500. The first-order chi connectivity index (χ1) is 12.7. The van der Waals surface area contributed by atoms with Gasteiger partial charge in [-0.15, -0.1) is 0 Å². The summed E-state index contributed by atoms with van der Waals surface area (Å²) in [6.45, 7) is 3.76. The Hall–Kier alpha value is -2.58. The first-order valence-electron chi connectivity index (χ1n) is 8.83. The minimum Gasteiger partial charge on any atom is -0.334 e. The number of benzene rings is 1. The van der Waals surface area contributed by atoms with E-state index in [1.807, 2.05) is 6.92 Å². The fourth-order valence-corrected chi connectivity index (χ4v) is 3.54. The van der Waals surface area contributed by atoms with Gasteiger partial charge in [0.05, 0.1) is 5.56 Å². The average molecular weight is 382 g/mol. The zero-order valence-electron chi connectivity index (χ0n) is 15.1. The summed E-state index contributed by atoms with van der Waals surface area (Å²) in [6.07, 6.45) is -3.04. The Morgan fingerprint density at radius 2 is 2.00 bits per heavy atom. The number of halogens is 3. The Balaban J connectivity index is 1.91. The first kappa shape index (κ1) is 19.2. The number of nitrogens with one attached hydrogen (secondary N) is 1. The van der Waals surface area contributed by atoms with E-state index < -0.39 is 17.2 Å². The second-order valence-electron chi connectivity index (χ2n) is 6.73. The van der Waals surface area contributed by atoms with Gasteiger partial charge in [0.15, 0.2) is 0 Å². The standard InChI is InChI=1S/C18H21F3N4O2/c1-3-8-17(4-2)14(26)23-16-22-10-24(11-25(16)15(17)27)13-7-5-6-12(9-13)18(19,20)21/h5-7,9H,3-4,8,10-11H2,1-2H3,(H,22,23,26). The van der Waals surface area contributed by atoms with E-state index in [2.05, 4.69) is 10.3 Å². The van der Waals surface area contributed by atoms with Crippen LogP contribution in [0.3, 0.4) is 0 Å². The van der Waals surface area contributed by atoms with Gasteiger partial charge in [-0.05, 0) is 31.0 Å². The molecule has 0 aliphatic carbocycles. The Kier molecular flexibility index (Phi) is 4.88. The molecule has 2 amide bonds. The zero-order chi connectivity index (χ0) is 19.8. The highest BCUT2D eigenvalue weighted by Crippen LogP contribution is 2.36. The van der Waals surface area contributed by atoms with Crippen molar-refractivity contribution in [3.05, 3.63) is 29.8 Å². The number of amides is 2. The van der Waals surface area contributed by atoms with Gasteiger partial charge in [-0.1, -0.05) is 26.3 Å². The van der Waals surface area contributed by atoms with Crippen LogP contribution in [-0.4, -0.2) is 36.0 Å². The molecule has 3 rings (SSSR count). The topological polar surface area (TPSA) is 65.0 Å². The average Bonchev–Trinajstić information content (AvgIpc) is 2.64. The van der Waals surface area contributed by atoms with E-state index in [1.54, 1.807) is 17.9 Å². The minimum absolute atomic E-state index is 0.0325. The molecule has 6 nitrogen and oxygen atoms in total. The molecule has 27 heavy (non-hydrogen) atoms. The maximum Gasteiger partial charge on any atom is 0.416 e. The van der Waals surface area contributed by atoms with Crippen LogP contribution in [0.25, 0.3) is 0 Å². The molecule has 146 valence electrons. The molecule has 0 spiro atoms. The molecule has 0 aromatic heterocycles. The highest BCUT2D eigenvalue weighted by Gasteiger charge is 2.52. The van der Waals surface area contributed by atoms with Crippen molar-refractivity contribution in [3.8, 4) is 0 Å². The van der Waals surface area contributed by atoms with E-state index in [4.69, 9.17) is 0 Å². The summed E-state index contributed by atoms with van der Waals surface area (Å²) in [5.41, 5.74) is -1.61. The van der Waals surface area contributed by atoms with Crippen molar-refractivity contribution in [3.63, 3.8) is 0 Å². The molecule has 1 N–H and O–H groups in total. The van der Waals surface area contributed by atoms with Crippen LogP contribution in [-0.2, 0) is 15.8 Å². The molecule has 2 heterocycles. The van der Waals surface area contributed by atoms with Crippen LogP contribution in [0.4, 0.5) is 18.9 Å². The predicted octanol–water partition coefficient (Wildman–Crippen LogP) is 2.95. The molecule has 0 bridgehead atoms. The third kappa shape index (κ3) is 3.26. The third-order valence-electron chi connectivity index (χ3n) is 5.09. The molecule has 1 fully saturated rings. The normalized spacial score (nSPS) is 23.1. The summed E-state index contributed by atoms with van der Waals surface area (Å²) < 4.78 is 38.9. The van der Waals surface area contributed by atoms with Crippen LogP contribution in [0.2, 0.25) is 0 Å². The largest absolute Gasteiger partial charge is 0.416 e. The molecule has 9 heteroatoms. The second kappa shape index (κ2) is 6.86. The lowest BCUT2D eigenvalue weighted by Gasteiger charge is -2.44. The molecular formula is C18H21F3N4O2. The van der Waals surface area contributed by atoms with Crippen LogP contribution in [0.15, 0.2) is 29.3 Å². The molecule has 1 aromatic rings. The van der Waals surface area contributed by atoms with Crippen molar-refractivity contribution in [2.24, 2.45) is 10.4 Å². The maximum atomic E-state index is 13.1. The zero-order valence-corrected chi connectivity index (χ0v) is 15.1. The number of hydrogen-bond donors (Lipinski definition) is 1. The van der Waals surface area contributed by atoms with Gasteiger partial charge in [-0.25, -0.2) is 4.99 Å². The number of hydrogen-bond acceptors (Lipinski definition) is 4. The number of nitrogens with zero attached hydrogens (tertiary/aromatic N) is 3. The summed E-state index contributed by atoms with van der Waals surface area (Å²) >= 11 is 0. The SMILES string of the molecule is CCCC1(CC)C(=O)NC2=NCN(c3cccc(C(F)(F)F)c3)CN2C1=O. The summed E-state index contributed by atoms with van der Waals surface area (Å²) in [4.78, 5) is 32.7. The van der Waals surface area contributed by atoms with Crippen LogP contribution >= 0.6 is 0 Å². The number of aliphatic imine (C=N–C) groups is 1. The number of guanidine groups is 1. The van der Waals surface area contributed by atoms with Crippen molar-refractivity contribution < 1.29 is 22.8 Å². The second-order valence-corrected chi connectivity index (χ2v) is 6.73. The van der Waals surface area contributed by atoms with Crippen LogP contribution in [0.1, 0.15) is 38.7 Å². The summed E-state index contributed by atoms with van der Waals surface area (Å²) in [6, 6.07) is 4.90. The van der Waals surface area contributed by atoms with Gasteiger partial charge in [-0.2, -0.15) is 13.2 Å². The predicted molar refractivity (Wildman–Crippen MR) is 93.7 cm³/mol. The maximum absolute atomic E-state index is 13.1. The quantitative estimate of drug-likeness (QED) is 0.815. The summed E-state index contributed by atoms with van der Waals surface area (Å²) in [7, 11) is 0. The lowest BCUT2D eigenvalue weighted by atomic mass is 9.77. The van der Waals surface area contributed by atoms with E-state index in [-0.39, 0.29) is 31.1 Å². The first-order valence-corrected chi connectivity index (χ1v) is 8.83. The lowest BCUT2D eigenvalue weighted by molar-refractivity contribution is -0.151. The van der Waals surface area contributed by atoms with E-state index in [0.717, 1.165) is 12.1 Å². The molecule has 2 aliphatic rings. The van der Waals surface area contributed by atoms with Crippen LogP contribution in [0, 0.1) is 5.41 Å². The molecule has 2 aliphatic heterocycles. The summed E-state index contributed by atoms with van der Waals surface area (Å²) in [5, 5.41) is 2.69. The van der Waals surface area contributed by atoms with Crippen molar-refractivity contribution in [2.45, 2.75) is 39.3 Å². The van der Waals surface area contributed by atoms with Gasteiger partial charge in [0, 0.05) is 5.69 Å². The fourth-order valence-electron chi connectivity index (χ4n) is 3.54. The van der Waals surface area contributed by atoms with E-state index in [1.165, 1.54) is 11.0 Å². The number of anilines is 1. The Morgan fingerprint density at radius 3 is 2.63 bits per heavy atom. The number of carbonyl (C=O) groups excluding carboxylic acids is 2. The van der Waals surface area contributed by atoms with Crippen LogP contribution < -0.4 is 10.2 Å². The lowest BCUT2D eigenvalue weighted by Crippen LogP contribution is -2.67. The molecular weight excluding hydrogens is 361 g/mol. The van der Waals surface area contributed by atoms with Gasteiger partial charge in [0.2, 0.25) is 17.8 Å². The Bertz CT molecular complexity index is 793. The highest BCUT2D eigenvalue weighted by molar-refractivity contribution is 6.20. The number of rotatable bonds is 4. The molecule has 1 aromatic carbocycles. The molecule has 1 unspecified atom stereocenters. The van der Waals surface area contributed by atoms with E-state index in [9.17, 15) is 22.8 Å².